The van der Waals surface area contributed by atoms with Gasteiger partial charge in [0.25, 0.3) is 5.91 Å². The SMILES string of the molecule is Cc1nn(C)cc1CNC(=O)c1cn(C)nc1C. The van der Waals surface area contributed by atoms with Crippen molar-refractivity contribution < 1.29 is 4.79 Å². The van der Waals surface area contributed by atoms with Gasteiger partial charge in [-0.05, 0) is 13.8 Å². The van der Waals surface area contributed by atoms with Crippen LogP contribution in [0, 0.1) is 13.8 Å². The van der Waals surface area contributed by atoms with Crippen molar-refractivity contribution in [3.8, 4) is 0 Å². The molecule has 18 heavy (non-hydrogen) atoms. The average molecular weight is 247 g/mol. The summed E-state index contributed by atoms with van der Waals surface area (Å²) >= 11 is 0. The Bertz CT molecular complexity index is 581. The highest BCUT2D eigenvalue weighted by Crippen LogP contribution is 2.07. The average Bonchev–Trinajstić information content (AvgIpc) is 2.78. The van der Waals surface area contributed by atoms with Crippen LogP contribution in [-0.4, -0.2) is 25.5 Å². The van der Waals surface area contributed by atoms with Gasteiger partial charge in [0.2, 0.25) is 0 Å². The van der Waals surface area contributed by atoms with Crippen LogP contribution in [0.4, 0.5) is 0 Å². The van der Waals surface area contributed by atoms with Gasteiger partial charge in [-0.15, -0.1) is 0 Å². The van der Waals surface area contributed by atoms with Gasteiger partial charge in [-0.2, -0.15) is 10.2 Å². The van der Waals surface area contributed by atoms with Gasteiger partial charge in [0, 0.05) is 38.6 Å². The summed E-state index contributed by atoms with van der Waals surface area (Å²) in [4.78, 5) is 12.0. The largest absolute Gasteiger partial charge is 0.348 e. The van der Waals surface area contributed by atoms with Crippen molar-refractivity contribution in [3.63, 3.8) is 0 Å². The lowest BCUT2D eigenvalue weighted by Gasteiger charge is -2.02. The molecule has 0 spiro atoms. The minimum atomic E-state index is -0.108. The lowest BCUT2D eigenvalue weighted by atomic mass is 10.2. The maximum Gasteiger partial charge on any atom is 0.255 e. The summed E-state index contributed by atoms with van der Waals surface area (Å²) in [5.74, 6) is -0.108. The quantitative estimate of drug-likeness (QED) is 0.868. The Morgan fingerprint density at radius 2 is 1.78 bits per heavy atom. The molecule has 0 atom stereocenters. The van der Waals surface area contributed by atoms with E-state index in [0.717, 1.165) is 17.0 Å². The number of carbonyl (C=O) groups is 1. The monoisotopic (exact) mass is 247 g/mol. The van der Waals surface area contributed by atoms with Gasteiger partial charge in [-0.3, -0.25) is 14.2 Å². The minimum Gasteiger partial charge on any atom is -0.348 e. The van der Waals surface area contributed by atoms with Crippen molar-refractivity contribution in [1.29, 1.82) is 0 Å². The van der Waals surface area contributed by atoms with Gasteiger partial charge >= 0.3 is 0 Å². The standard InChI is InChI=1S/C12H17N5O/c1-8-10(6-16(3)14-8)5-13-12(18)11-7-17(4)15-9(11)2/h6-7H,5H2,1-4H3,(H,13,18). The number of carbonyl (C=O) groups excluding carboxylic acids is 1. The van der Waals surface area contributed by atoms with Crippen molar-refractivity contribution in [2.24, 2.45) is 14.1 Å². The zero-order valence-electron chi connectivity index (χ0n) is 11.1. The molecule has 2 aromatic heterocycles. The van der Waals surface area contributed by atoms with Crippen LogP contribution in [0.25, 0.3) is 0 Å². The lowest BCUT2D eigenvalue weighted by Crippen LogP contribution is -2.23. The Balaban J connectivity index is 2.05. The molecule has 0 unspecified atom stereocenters. The third-order valence-electron chi connectivity index (χ3n) is 2.81. The molecule has 2 aromatic rings. The molecule has 0 aliphatic carbocycles. The van der Waals surface area contributed by atoms with E-state index in [0.29, 0.717) is 12.1 Å². The van der Waals surface area contributed by atoms with E-state index in [1.54, 1.807) is 22.6 Å². The third kappa shape index (κ3) is 2.42. The molecule has 0 bridgehead atoms. The molecule has 0 aliphatic rings. The van der Waals surface area contributed by atoms with E-state index in [1.165, 1.54) is 0 Å². The number of aryl methyl sites for hydroxylation is 4. The molecular formula is C12H17N5O. The third-order valence-corrected chi connectivity index (χ3v) is 2.81. The van der Waals surface area contributed by atoms with Crippen LogP contribution in [-0.2, 0) is 20.6 Å². The fourth-order valence-electron chi connectivity index (χ4n) is 1.92. The summed E-state index contributed by atoms with van der Waals surface area (Å²) in [6, 6.07) is 0. The fourth-order valence-corrected chi connectivity index (χ4v) is 1.92. The first-order chi connectivity index (χ1) is 8.47. The van der Waals surface area contributed by atoms with Gasteiger partial charge in [0.05, 0.1) is 17.0 Å². The molecular weight excluding hydrogens is 230 g/mol. The Morgan fingerprint density at radius 1 is 1.17 bits per heavy atom. The van der Waals surface area contributed by atoms with Crippen LogP contribution in [0.3, 0.4) is 0 Å². The molecule has 0 radical (unpaired) electrons. The van der Waals surface area contributed by atoms with Gasteiger partial charge in [-0.1, -0.05) is 0 Å². The second-order valence-corrected chi connectivity index (χ2v) is 4.40. The number of nitrogens with one attached hydrogen (secondary N) is 1. The van der Waals surface area contributed by atoms with Crippen molar-refractivity contribution in [1.82, 2.24) is 24.9 Å². The first kappa shape index (κ1) is 12.3. The molecule has 1 N–H and O–H groups in total. The summed E-state index contributed by atoms with van der Waals surface area (Å²) in [5.41, 5.74) is 3.30. The Morgan fingerprint density at radius 3 is 2.28 bits per heavy atom. The molecule has 2 rings (SSSR count). The zero-order valence-corrected chi connectivity index (χ0v) is 11.1. The molecule has 0 aromatic carbocycles. The summed E-state index contributed by atoms with van der Waals surface area (Å²) in [6.45, 7) is 4.23. The molecule has 0 fully saturated rings. The molecule has 1 amide bonds. The Kier molecular flexibility index (Phi) is 3.18. The predicted octanol–water partition coefficient (Wildman–Crippen LogP) is 0.700. The number of hydrogen-bond donors (Lipinski definition) is 1. The first-order valence-electron chi connectivity index (χ1n) is 5.75. The fraction of sp³-hybridized carbons (Fsp3) is 0.417. The van der Waals surface area contributed by atoms with E-state index in [9.17, 15) is 4.79 Å². The highest BCUT2D eigenvalue weighted by atomic mass is 16.1. The molecule has 6 heteroatoms. The maximum absolute atomic E-state index is 12.0. The van der Waals surface area contributed by atoms with Gasteiger partial charge in [0.15, 0.2) is 0 Å². The summed E-state index contributed by atoms with van der Waals surface area (Å²) in [7, 11) is 3.67. The summed E-state index contributed by atoms with van der Waals surface area (Å²) in [5, 5.41) is 11.3. The Hall–Kier alpha value is -2.11. The molecule has 6 nitrogen and oxygen atoms in total. The van der Waals surface area contributed by atoms with E-state index < -0.39 is 0 Å². The molecule has 0 aliphatic heterocycles. The molecule has 96 valence electrons. The van der Waals surface area contributed by atoms with Crippen LogP contribution in [0.15, 0.2) is 12.4 Å². The maximum atomic E-state index is 12.0. The van der Waals surface area contributed by atoms with Crippen molar-refractivity contribution in [2.75, 3.05) is 0 Å². The molecule has 0 saturated heterocycles. The predicted molar refractivity (Wildman–Crippen MR) is 67.1 cm³/mol. The second kappa shape index (κ2) is 4.64. The van der Waals surface area contributed by atoms with Crippen LogP contribution >= 0.6 is 0 Å². The van der Waals surface area contributed by atoms with Crippen molar-refractivity contribution >= 4 is 5.91 Å². The molecule has 2 heterocycles. The van der Waals surface area contributed by atoms with Crippen LogP contribution < -0.4 is 5.32 Å². The number of rotatable bonds is 3. The van der Waals surface area contributed by atoms with E-state index in [4.69, 9.17) is 0 Å². The molecule has 0 saturated carbocycles. The van der Waals surface area contributed by atoms with Crippen LogP contribution in [0.1, 0.15) is 27.3 Å². The minimum absolute atomic E-state index is 0.108. The van der Waals surface area contributed by atoms with Gasteiger partial charge in [0.1, 0.15) is 0 Å². The first-order valence-corrected chi connectivity index (χ1v) is 5.75. The zero-order chi connectivity index (χ0) is 13.3. The van der Waals surface area contributed by atoms with Crippen LogP contribution in [0.2, 0.25) is 0 Å². The summed E-state index contributed by atoms with van der Waals surface area (Å²) < 4.78 is 3.38. The normalized spacial score (nSPS) is 10.7. The van der Waals surface area contributed by atoms with Crippen molar-refractivity contribution in [2.45, 2.75) is 20.4 Å². The van der Waals surface area contributed by atoms with Crippen LogP contribution in [0.5, 0.6) is 0 Å². The summed E-state index contributed by atoms with van der Waals surface area (Å²) in [6.07, 6.45) is 3.63. The number of aromatic nitrogens is 4. The van der Waals surface area contributed by atoms with E-state index >= 15 is 0 Å². The van der Waals surface area contributed by atoms with Gasteiger partial charge < -0.3 is 5.32 Å². The van der Waals surface area contributed by atoms with E-state index in [2.05, 4.69) is 15.5 Å². The van der Waals surface area contributed by atoms with Gasteiger partial charge in [-0.25, -0.2) is 0 Å². The number of amides is 1. The highest BCUT2D eigenvalue weighted by molar-refractivity contribution is 5.94. The topological polar surface area (TPSA) is 64.7 Å². The van der Waals surface area contributed by atoms with E-state index in [1.807, 2.05) is 27.1 Å². The van der Waals surface area contributed by atoms with E-state index in [-0.39, 0.29) is 5.91 Å². The number of nitrogens with zero attached hydrogens (tertiary/aromatic N) is 4. The smallest absolute Gasteiger partial charge is 0.255 e. The second-order valence-electron chi connectivity index (χ2n) is 4.40. The highest BCUT2D eigenvalue weighted by Gasteiger charge is 2.12. The van der Waals surface area contributed by atoms with Crippen molar-refractivity contribution in [3.05, 3.63) is 34.9 Å². The lowest BCUT2D eigenvalue weighted by molar-refractivity contribution is 0.0950. The number of hydrogen-bond acceptors (Lipinski definition) is 3. The Labute approximate surface area is 106 Å².